The van der Waals surface area contributed by atoms with Crippen LogP contribution in [0.2, 0.25) is 0 Å². The van der Waals surface area contributed by atoms with E-state index < -0.39 is 21.8 Å². The van der Waals surface area contributed by atoms with E-state index in [1.165, 1.54) is 12.1 Å². The molecule has 0 radical (unpaired) electrons. The molecular weight excluding hydrogens is 385 g/mol. The van der Waals surface area contributed by atoms with Crippen LogP contribution in [-0.2, 0) is 17.4 Å². The van der Waals surface area contributed by atoms with Crippen LogP contribution in [0.15, 0.2) is 36.4 Å². The second kappa shape index (κ2) is 7.61. The lowest BCUT2D eigenvalue weighted by molar-refractivity contribution is 0.412. The fourth-order valence-electron chi connectivity index (χ4n) is 3.74. The fraction of sp³-hybridized carbons (Fsp3) is 0.429. The molecule has 1 saturated carbocycles. The van der Waals surface area contributed by atoms with Gasteiger partial charge in [0.05, 0.1) is 0 Å². The van der Waals surface area contributed by atoms with E-state index in [1.807, 2.05) is 0 Å². The van der Waals surface area contributed by atoms with E-state index in [-0.39, 0.29) is 17.9 Å². The van der Waals surface area contributed by atoms with Crippen molar-refractivity contribution in [1.29, 1.82) is 0 Å². The Labute approximate surface area is 165 Å². The number of halogens is 3. The van der Waals surface area contributed by atoms with E-state index in [9.17, 15) is 13.0 Å². The lowest BCUT2D eigenvalue weighted by Gasteiger charge is -2.22. The highest BCUT2D eigenvalue weighted by Gasteiger charge is 2.51. The van der Waals surface area contributed by atoms with Crippen LogP contribution in [0.1, 0.15) is 30.4 Å². The van der Waals surface area contributed by atoms with Gasteiger partial charge in [0, 0.05) is 17.6 Å². The van der Waals surface area contributed by atoms with Crippen molar-refractivity contribution in [3.8, 4) is 11.1 Å². The van der Waals surface area contributed by atoms with Crippen molar-refractivity contribution >= 4 is 11.0 Å². The minimum Gasteiger partial charge on any atom is -0.312 e. The molecule has 1 heterocycles. The van der Waals surface area contributed by atoms with Gasteiger partial charge in [-0.05, 0) is 68.0 Å². The van der Waals surface area contributed by atoms with Crippen molar-refractivity contribution in [3.63, 3.8) is 0 Å². The van der Waals surface area contributed by atoms with E-state index in [0.29, 0.717) is 48.9 Å². The zero-order chi connectivity index (χ0) is 19.9. The molecule has 3 atom stereocenters. The topological polar surface area (TPSA) is 41.1 Å². The highest BCUT2D eigenvalue weighted by molar-refractivity contribution is 7.84. The molecule has 2 N–H and O–H groups in total. The molecule has 3 unspecified atom stereocenters. The first kappa shape index (κ1) is 19.6. The quantitative estimate of drug-likeness (QED) is 0.761. The molecule has 0 spiro atoms. The molecule has 28 heavy (non-hydrogen) atoms. The van der Waals surface area contributed by atoms with E-state index in [2.05, 4.69) is 10.0 Å². The van der Waals surface area contributed by atoms with Crippen LogP contribution < -0.4 is 10.0 Å². The summed E-state index contributed by atoms with van der Waals surface area (Å²) in [6.07, 6.45) is 1.72. The maximum atomic E-state index is 15.2. The highest BCUT2D eigenvalue weighted by atomic mass is 32.2. The first-order valence-electron chi connectivity index (χ1n) is 9.51. The monoisotopic (exact) mass is 408 g/mol. The summed E-state index contributed by atoms with van der Waals surface area (Å²) in [4.78, 5) is 0. The highest BCUT2D eigenvalue weighted by Crippen LogP contribution is 2.42. The van der Waals surface area contributed by atoms with Gasteiger partial charge in [0.25, 0.3) is 0 Å². The number of nitrogens with one attached hydrogen (secondary N) is 2. The SMILES string of the molecule is Cc1cc(F)cc(-c2cccc(CC3NCCC3NS(=O)C3(F)CC3)c2F)c1. The van der Waals surface area contributed by atoms with Gasteiger partial charge >= 0.3 is 0 Å². The van der Waals surface area contributed by atoms with Crippen LogP contribution in [0.3, 0.4) is 0 Å². The summed E-state index contributed by atoms with van der Waals surface area (Å²) >= 11 is 0. The van der Waals surface area contributed by atoms with Gasteiger partial charge in [0.15, 0.2) is 5.00 Å². The molecule has 1 aliphatic carbocycles. The molecule has 1 saturated heterocycles. The van der Waals surface area contributed by atoms with E-state index >= 15 is 4.39 Å². The summed E-state index contributed by atoms with van der Waals surface area (Å²) in [5.41, 5.74) is 2.08. The first-order valence-corrected chi connectivity index (χ1v) is 10.7. The summed E-state index contributed by atoms with van der Waals surface area (Å²) in [5, 5.41) is 1.69. The van der Waals surface area contributed by atoms with Gasteiger partial charge in [0.1, 0.15) is 22.6 Å². The van der Waals surface area contributed by atoms with Gasteiger partial charge in [-0.1, -0.05) is 24.3 Å². The largest absolute Gasteiger partial charge is 0.312 e. The molecule has 0 amide bonds. The van der Waals surface area contributed by atoms with Gasteiger partial charge in [-0.2, -0.15) is 0 Å². The summed E-state index contributed by atoms with van der Waals surface area (Å²) in [5.74, 6) is -0.783. The van der Waals surface area contributed by atoms with Gasteiger partial charge in [-0.25, -0.2) is 22.1 Å². The minimum absolute atomic E-state index is 0.148. The Hall–Kier alpha value is -1.70. The Morgan fingerprint density at radius 3 is 2.75 bits per heavy atom. The average Bonchev–Trinajstić information content (AvgIpc) is 3.25. The Morgan fingerprint density at radius 1 is 1.25 bits per heavy atom. The number of hydrogen-bond acceptors (Lipinski definition) is 2. The molecule has 3 nitrogen and oxygen atoms in total. The molecule has 0 aromatic heterocycles. The maximum Gasteiger partial charge on any atom is 0.199 e. The number of rotatable bonds is 6. The normalized spacial score (nSPS) is 24.3. The predicted molar refractivity (Wildman–Crippen MR) is 105 cm³/mol. The standard InChI is InChI=1S/C21H23F3N2OS/c1-13-9-15(11-16(22)10-13)17-4-2-3-14(20(17)23)12-19-18(5-8-25-19)26-28(27)21(24)6-7-21/h2-4,9-11,18-19,25-26H,5-8,12H2,1H3. The molecule has 0 bridgehead atoms. The van der Waals surface area contributed by atoms with E-state index in [4.69, 9.17) is 0 Å². The van der Waals surface area contributed by atoms with E-state index in [0.717, 1.165) is 5.56 Å². The van der Waals surface area contributed by atoms with Crippen molar-refractivity contribution in [2.45, 2.75) is 49.7 Å². The molecule has 150 valence electrons. The van der Waals surface area contributed by atoms with Crippen LogP contribution in [0.4, 0.5) is 13.2 Å². The summed E-state index contributed by atoms with van der Waals surface area (Å²) in [7, 11) is -1.73. The Morgan fingerprint density at radius 2 is 2.04 bits per heavy atom. The zero-order valence-corrected chi connectivity index (χ0v) is 16.4. The lowest BCUT2D eigenvalue weighted by atomic mass is 9.96. The summed E-state index contributed by atoms with van der Waals surface area (Å²) < 4.78 is 58.0. The van der Waals surface area contributed by atoms with Crippen molar-refractivity contribution in [1.82, 2.24) is 10.0 Å². The van der Waals surface area contributed by atoms with E-state index in [1.54, 1.807) is 31.2 Å². The van der Waals surface area contributed by atoms with Gasteiger partial charge in [-0.15, -0.1) is 0 Å². The van der Waals surface area contributed by atoms with Crippen LogP contribution in [-0.4, -0.2) is 27.8 Å². The van der Waals surface area contributed by atoms with Crippen LogP contribution in [0.5, 0.6) is 0 Å². The third-order valence-corrected chi connectivity index (χ3v) is 7.04. The molecule has 2 aromatic carbocycles. The van der Waals surface area contributed by atoms with Crippen molar-refractivity contribution in [3.05, 3.63) is 59.2 Å². The van der Waals surface area contributed by atoms with Crippen LogP contribution in [0.25, 0.3) is 11.1 Å². The number of hydrogen-bond donors (Lipinski definition) is 2. The van der Waals surface area contributed by atoms with Crippen LogP contribution in [0, 0.1) is 18.6 Å². The fourth-order valence-corrected chi connectivity index (χ4v) is 4.98. The molecule has 2 aliphatic rings. The first-order chi connectivity index (χ1) is 13.4. The zero-order valence-electron chi connectivity index (χ0n) is 15.6. The van der Waals surface area contributed by atoms with Crippen molar-refractivity contribution < 1.29 is 17.4 Å². The number of benzene rings is 2. The molecule has 4 rings (SSSR count). The molecular formula is C21H23F3N2OS. The Bertz CT molecular complexity index is 896. The summed E-state index contributed by atoms with van der Waals surface area (Å²) in [6, 6.07) is 9.25. The third-order valence-electron chi connectivity index (χ3n) is 5.45. The summed E-state index contributed by atoms with van der Waals surface area (Å²) in [6.45, 7) is 2.47. The molecule has 2 aromatic rings. The predicted octanol–water partition coefficient (Wildman–Crippen LogP) is 3.93. The minimum atomic E-state index is -1.73. The Kier molecular flexibility index (Phi) is 5.33. The molecule has 7 heteroatoms. The maximum absolute atomic E-state index is 15.2. The number of aryl methyl sites for hydroxylation is 1. The average molecular weight is 408 g/mol. The lowest BCUT2D eigenvalue weighted by Crippen LogP contribution is -2.44. The second-order valence-electron chi connectivity index (χ2n) is 7.73. The van der Waals surface area contributed by atoms with Crippen molar-refractivity contribution in [2.24, 2.45) is 0 Å². The smallest absolute Gasteiger partial charge is 0.199 e. The van der Waals surface area contributed by atoms with Crippen molar-refractivity contribution in [2.75, 3.05) is 6.54 Å². The third kappa shape index (κ3) is 4.02. The van der Waals surface area contributed by atoms with Gasteiger partial charge < -0.3 is 5.32 Å². The van der Waals surface area contributed by atoms with Gasteiger partial charge in [-0.3, -0.25) is 0 Å². The van der Waals surface area contributed by atoms with Gasteiger partial charge in [0.2, 0.25) is 0 Å². The second-order valence-corrected chi connectivity index (χ2v) is 9.23. The van der Waals surface area contributed by atoms with Crippen LogP contribution >= 0.6 is 0 Å². The molecule has 2 fully saturated rings. The Balaban J connectivity index is 1.54. The number of alkyl halides is 1. The molecule has 1 aliphatic heterocycles.